The Bertz CT molecular complexity index is 319. The van der Waals surface area contributed by atoms with Gasteiger partial charge < -0.3 is 4.74 Å². The number of aryl methyl sites for hydroxylation is 1. The lowest BCUT2D eigenvalue weighted by Gasteiger charge is -2.34. The Labute approximate surface area is 89.3 Å². The molecule has 1 atom stereocenters. The van der Waals surface area contributed by atoms with Gasteiger partial charge in [-0.15, -0.1) is 11.3 Å². The van der Waals surface area contributed by atoms with Gasteiger partial charge in [0.05, 0.1) is 10.6 Å². The van der Waals surface area contributed by atoms with Gasteiger partial charge in [0.1, 0.15) is 0 Å². The smallest absolute Gasteiger partial charge is 0.0961 e. The van der Waals surface area contributed by atoms with Crippen molar-refractivity contribution < 1.29 is 4.74 Å². The van der Waals surface area contributed by atoms with Crippen molar-refractivity contribution in [1.82, 2.24) is 4.98 Å². The zero-order valence-electron chi connectivity index (χ0n) is 9.04. The van der Waals surface area contributed by atoms with Crippen LogP contribution in [-0.4, -0.2) is 17.2 Å². The van der Waals surface area contributed by atoms with Crippen molar-refractivity contribution in [2.75, 3.05) is 6.61 Å². The number of hydrogen-bond acceptors (Lipinski definition) is 3. The molecule has 2 rings (SSSR count). The van der Waals surface area contributed by atoms with E-state index in [0.717, 1.165) is 25.1 Å². The first kappa shape index (κ1) is 10.1. The van der Waals surface area contributed by atoms with Crippen LogP contribution in [0.15, 0.2) is 5.38 Å². The summed E-state index contributed by atoms with van der Waals surface area (Å²) in [5.41, 5.74) is 1.18. The largest absolute Gasteiger partial charge is 0.376 e. The van der Waals surface area contributed by atoms with Crippen LogP contribution in [0, 0.1) is 6.92 Å². The van der Waals surface area contributed by atoms with Crippen molar-refractivity contribution >= 4 is 11.3 Å². The molecule has 2 heterocycles. The van der Waals surface area contributed by atoms with E-state index in [1.165, 1.54) is 5.01 Å². The lowest BCUT2D eigenvalue weighted by Crippen LogP contribution is -2.32. The predicted octanol–water partition coefficient (Wildman–Crippen LogP) is 3.12. The molecule has 3 heteroatoms. The van der Waals surface area contributed by atoms with Crippen LogP contribution in [0.2, 0.25) is 0 Å². The number of rotatable bonds is 1. The summed E-state index contributed by atoms with van der Waals surface area (Å²) < 4.78 is 5.70. The Morgan fingerprint density at radius 3 is 2.93 bits per heavy atom. The van der Waals surface area contributed by atoms with Gasteiger partial charge in [0.15, 0.2) is 0 Å². The average molecular weight is 211 g/mol. The molecule has 0 aromatic carbocycles. The molecule has 1 saturated heterocycles. The molecular formula is C11H17NOS. The molecule has 0 spiro atoms. The van der Waals surface area contributed by atoms with Gasteiger partial charge in [0, 0.05) is 23.6 Å². The Balaban J connectivity index is 2.12. The molecule has 0 radical (unpaired) electrons. The fourth-order valence-electron chi connectivity index (χ4n) is 2.00. The Hall–Kier alpha value is -0.410. The maximum atomic E-state index is 5.70. The van der Waals surface area contributed by atoms with E-state index in [-0.39, 0.29) is 5.60 Å². The minimum Gasteiger partial charge on any atom is -0.376 e. The molecule has 1 fully saturated rings. The second-order valence-corrected chi connectivity index (χ2v) is 5.51. The molecule has 1 aromatic heterocycles. The van der Waals surface area contributed by atoms with Crippen molar-refractivity contribution in [3.63, 3.8) is 0 Å². The van der Waals surface area contributed by atoms with Crippen LogP contribution in [0.1, 0.15) is 43.3 Å². The standard InChI is InChI=1S/C11H17NOS/c1-8-7-14-10(12-8)9-4-5-13-11(2,3)6-9/h7,9H,4-6H2,1-3H3. The van der Waals surface area contributed by atoms with Crippen molar-refractivity contribution in [1.29, 1.82) is 0 Å². The molecule has 14 heavy (non-hydrogen) atoms. The molecule has 1 unspecified atom stereocenters. The zero-order valence-corrected chi connectivity index (χ0v) is 9.86. The third-order valence-electron chi connectivity index (χ3n) is 2.68. The van der Waals surface area contributed by atoms with Crippen molar-refractivity contribution in [2.45, 2.75) is 45.1 Å². The third kappa shape index (κ3) is 2.15. The van der Waals surface area contributed by atoms with Gasteiger partial charge >= 0.3 is 0 Å². The summed E-state index contributed by atoms with van der Waals surface area (Å²) in [6.45, 7) is 7.26. The molecule has 0 saturated carbocycles. The molecular weight excluding hydrogens is 194 g/mol. The number of nitrogens with zero attached hydrogens (tertiary/aromatic N) is 1. The highest BCUT2D eigenvalue weighted by Gasteiger charge is 2.30. The van der Waals surface area contributed by atoms with E-state index in [1.807, 2.05) is 0 Å². The minimum absolute atomic E-state index is 0.0302. The maximum absolute atomic E-state index is 5.70. The van der Waals surface area contributed by atoms with E-state index in [2.05, 4.69) is 31.1 Å². The van der Waals surface area contributed by atoms with Crippen LogP contribution in [-0.2, 0) is 4.74 Å². The predicted molar refractivity (Wildman–Crippen MR) is 58.9 cm³/mol. The summed E-state index contributed by atoms with van der Waals surface area (Å²) in [5, 5.41) is 3.43. The molecule has 1 aromatic rings. The van der Waals surface area contributed by atoms with E-state index in [4.69, 9.17) is 4.74 Å². The lowest BCUT2D eigenvalue weighted by atomic mass is 9.89. The monoisotopic (exact) mass is 211 g/mol. The first-order valence-electron chi connectivity index (χ1n) is 5.13. The normalized spacial score (nSPS) is 26.4. The van der Waals surface area contributed by atoms with Crippen LogP contribution < -0.4 is 0 Å². The summed E-state index contributed by atoms with van der Waals surface area (Å²) in [7, 11) is 0. The van der Waals surface area contributed by atoms with Crippen molar-refractivity contribution in [3.8, 4) is 0 Å². The van der Waals surface area contributed by atoms with Gasteiger partial charge in [-0.05, 0) is 33.6 Å². The highest BCUT2D eigenvalue weighted by atomic mass is 32.1. The highest BCUT2D eigenvalue weighted by molar-refractivity contribution is 7.09. The molecule has 2 nitrogen and oxygen atoms in total. The Morgan fingerprint density at radius 1 is 1.57 bits per heavy atom. The summed E-state index contributed by atoms with van der Waals surface area (Å²) in [6, 6.07) is 0. The first-order valence-corrected chi connectivity index (χ1v) is 6.01. The topological polar surface area (TPSA) is 22.1 Å². The quantitative estimate of drug-likeness (QED) is 0.712. The van der Waals surface area contributed by atoms with E-state index < -0.39 is 0 Å². The number of aromatic nitrogens is 1. The second-order valence-electron chi connectivity index (χ2n) is 4.63. The van der Waals surface area contributed by atoms with Crippen molar-refractivity contribution in [3.05, 3.63) is 16.1 Å². The molecule has 78 valence electrons. The van der Waals surface area contributed by atoms with Gasteiger partial charge in [-0.1, -0.05) is 0 Å². The summed E-state index contributed by atoms with van der Waals surface area (Å²) >= 11 is 1.79. The average Bonchev–Trinajstić information content (AvgIpc) is 2.50. The van der Waals surface area contributed by atoms with Gasteiger partial charge in [0.25, 0.3) is 0 Å². The van der Waals surface area contributed by atoms with E-state index in [9.17, 15) is 0 Å². The Morgan fingerprint density at radius 2 is 2.36 bits per heavy atom. The summed E-state index contributed by atoms with van der Waals surface area (Å²) in [5.74, 6) is 0.609. The van der Waals surface area contributed by atoms with Gasteiger partial charge in [-0.25, -0.2) is 4.98 Å². The fourth-order valence-corrected chi connectivity index (χ4v) is 2.94. The molecule has 0 aliphatic carbocycles. The lowest BCUT2D eigenvalue weighted by molar-refractivity contribution is -0.0593. The van der Waals surface area contributed by atoms with Crippen LogP contribution in [0.25, 0.3) is 0 Å². The third-order valence-corrected chi connectivity index (χ3v) is 3.81. The number of hydrogen-bond donors (Lipinski definition) is 0. The van der Waals surface area contributed by atoms with Gasteiger partial charge in [-0.2, -0.15) is 0 Å². The summed E-state index contributed by atoms with van der Waals surface area (Å²) in [6.07, 6.45) is 2.22. The molecule has 0 amide bonds. The molecule has 0 bridgehead atoms. The first-order chi connectivity index (χ1) is 6.57. The van der Waals surface area contributed by atoms with Gasteiger partial charge in [0.2, 0.25) is 0 Å². The fraction of sp³-hybridized carbons (Fsp3) is 0.727. The van der Waals surface area contributed by atoms with Crippen molar-refractivity contribution in [2.24, 2.45) is 0 Å². The summed E-state index contributed by atoms with van der Waals surface area (Å²) in [4.78, 5) is 4.56. The molecule has 1 aliphatic heterocycles. The SMILES string of the molecule is Cc1csc(C2CCOC(C)(C)C2)n1. The number of ether oxygens (including phenoxy) is 1. The molecule has 1 aliphatic rings. The van der Waals surface area contributed by atoms with E-state index in [0.29, 0.717) is 5.92 Å². The maximum Gasteiger partial charge on any atom is 0.0961 e. The molecule has 0 N–H and O–H groups in total. The van der Waals surface area contributed by atoms with Crippen LogP contribution in [0.3, 0.4) is 0 Å². The van der Waals surface area contributed by atoms with Crippen LogP contribution >= 0.6 is 11.3 Å². The highest BCUT2D eigenvalue weighted by Crippen LogP contribution is 2.36. The number of thiazole rings is 1. The van der Waals surface area contributed by atoms with Crippen LogP contribution in [0.5, 0.6) is 0 Å². The second kappa shape index (κ2) is 3.63. The minimum atomic E-state index is 0.0302. The van der Waals surface area contributed by atoms with E-state index in [1.54, 1.807) is 11.3 Å². The zero-order chi connectivity index (χ0) is 10.2. The Kier molecular flexibility index (Phi) is 2.62. The van der Waals surface area contributed by atoms with Gasteiger partial charge in [-0.3, -0.25) is 0 Å². The van der Waals surface area contributed by atoms with E-state index >= 15 is 0 Å². The van der Waals surface area contributed by atoms with Crippen LogP contribution in [0.4, 0.5) is 0 Å².